The number of anilines is 1. The lowest BCUT2D eigenvalue weighted by Crippen LogP contribution is -2.30. The summed E-state index contributed by atoms with van der Waals surface area (Å²) in [6.07, 6.45) is 4.52. The van der Waals surface area contributed by atoms with E-state index >= 15 is 0 Å². The van der Waals surface area contributed by atoms with Gasteiger partial charge in [-0.3, -0.25) is 9.89 Å². The van der Waals surface area contributed by atoms with Crippen molar-refractivity contribution >= 4 is 11.6 Å². The summed E-state index contributed by atoms with van der Waals surface area (Å²) in [5.74, 6) is 0.617. The number of nitrogens with one attached hydrogen (secondary N) is 3. The molecule has 0 radical (unpaired) electrons. The van der Waals surface area contributed by atoms with Crippen molar-refractivity contribution in [2.45, 2.75) is 19.3 Å². The topological polar surface area (TPSA) is 69.8 Å². The number of benzene rings is 1. The standard InChI is InChI=1S/C16H20N4O/c21-16(11-12-5-8-17-9-6-12)19-14-3-1-13(2-4-14)15-7-10-18-20-15/h1-4,7,10,12,17H,5-6,8-9,11H2,(H,18,20)(H,19,21). The van der Waals surface area contributed by atoms with Gasteiger partial charge in [0.1, 0.15) is 0 Å². The van der Waals surface area contributed by atoms with E-state index in [1.807, 2.05) is 30.3 Å². The summed E-state index contributed by atoms with van der Waals surface area (Å²) in [4.78, 5) is 12.0. The van der Waals surface area contributed by atoms with Gasteiger partial charge in [-0.15, -0.1) is 0 Å². The van der Waals surface area contributed by atoms with E-state index in [2.05, 4.69) is 20.8 Å². The number of rotatable bonds is 4. The first-order chi connectivity index (χ1) is 10.3. The van der Waals surface area contributed by atoms with Crippen molar-refractivity contribution < 1.29 is 4.79 Å². The minimum absolute atomic E-state index is 0.108. The van der Waals surface area contributed by atoms with E-state index in [1.165, 1.54) is 0 Å². The van der Waals surface area contributed by atoms with Crippen molar-refractivity contribution in [2.75, 3.05) is 18.4 Å². The first-order valence-corrected chi connectivity index (χ1v) is 7.41. The molecule has 1 amide bonds. The molecule has 1 saturated heterocycles. The maximum Gasteiger partial charge on any atom is 0.224 e. The van der Waals surface area contributed by atoms with Gasteiger partial charge in [-0.2, -0.15) is 5.10 Å². The average molecular weight is 284 g/mol. The highest BCUT2D eigenvalue weighted by molar-refractivity contribution is 5.91. The number of hydrogen-bond donors (Lipinski definition) is 3. The lowest BCUT2D eigenvalue weighted by molar-refractivity contribution is -0.117. The van der Waals surface area contributed by atoms with E-state index in [9.17, 15) is 4.79 Å². The van der Waals surface area contributed by atoms with Gasteiger partial charge in [0.2, 0.25) is 5.91 Å². The van der Waals surface area contributed by atoms with Crippen molar-refractivity contribution in [1.29, 1.82) is 0 Å². The van der Waals surface area contributed by atoms with Crippen molar-refractivity contribution in [1.82, 2.24) is 15.5 Å². The molecule has 2 aromatic rings. The molecule has 0 atom stereocenters. The van der Waals surface area contributed by atoms with Gasteiger partial charge in [-0.1, -0.05) is 12.1 Å². The molecule has 0 unspecified atom stereocenters. The Morgan fingerprint density at radius 3 is 2.62 bits per heavy atom. The first-order valence-electron chi connectivity index (χ1n) is 7.41. The molecule has 3 N–H and O–H groups in total. The highest BCUT2D eigenvalue weighted by Crippen LogP contribution is 2.20. The van der Waals surface area contributed by atoms with Gasteiger partial charge in [0, 0.05) is 18.3 Å². The van der Waals surface area contributed by atoms with E-state index in [4.69, 9.17) is 0 Å². The number of H-pyrrole nitrogens is 1. The van der Waals surface area contributed by atoms with Gasteiger partial charge in [0.15, 0.2) is 0 Å². The number of aromatic amines is 1. The van der Waals surface area contributed by atoms with Crippen LogP contribution in [0.5, 0.6) is 0 Å². The van der Waals surface area contributed by atoms with Crippen molar-refractivity contribution in [3.8, 4) is 11.3 Å². The van der Waals surface area contributed by atoms with Crippen molar-refractivity contribution in [2.24, 2.45) is 5.92 Å². The van der Waals surface area contributed by atoms with Crippen LogP contribution < -0.4 is 10.6 Å². The molecule has 3 rings (SSSR count). The SMILES string of the molecule is O=C(CC1CCNCC1)Nc1ccc(-c2ccn[nH]2)cc1. The second-order valence-corrected chi connectivity index (χ2v) is 5.49. The minimum atomic E-state index is 0.108. The zero-order chi connectivity index (χ0) is 14.5. The van der Waals surface area contributed by atoms with Gasteiger partial charge >= 0.3 is 0 Å². The molecule has 1 aliphatic rings. The number of aromatic nitrogens is 2. The molecular formula is C16H20N4O. The summed E-state index contributed by atoms with van der Waals surface area (Å²) < 4.78 is 0. The van der Waals surface area contributed by atoms with Crippen LogP contribution in [-0.4, -0.2) is 29.2 Å². The number of hydrogen-bond acceptors (Lipinski definition) is 3. The Hall–Kier alpha value is -2.14. The predicted molar refractivity (Wildman–Crippen MR) is 82.9 cm³/mol. The van der Waals surface area contributed by atoms with Gasteiger partial charge in [0.25, 0.3) is 0 Å². The summed E-state index contributed by atoms with van der Waals surface area (Å²) in [5.41, 5.74) is 2.88. The third-order valence-electron chi connectivity index (χ3n) is 3.91. The third kappa shape index (κ3) is 3.70. The first kappa shape index (κ1) is 13.8. The molecule has 1 aliphatic heterocycles. The molecule has 21 heavy (non-hydrogen) atoms. The van der Waals surface area contributed by atoms with Crippen LogP contribution in [0.25, 0.3) is 11.3 Å². The van der Waals surface area contributed by atoms with Gasteiger partial charge in [0.05, 0.1) is 5.69 Å². The largest absolute Gasteiger partial charge is 0.326 e. The summed E-state index contributed by atoms with van der Waals surface area (Å²) >= 11 is 0. The predicted octanol–water partition coefficient (Wildman–Crippen LogP) is 2.40. The molecule has 5 heteroatoms. The second kappa shape index (κ2) is 6.54. The van der Waals surface area contributed by atoms with E-state index < -0.39 is 0 Å². The summed E-state index contributed by atoms with van der Waals surface area (Å²) in [7, 11) is 0. The van der Waals surface area contributed by atoms with E-state index in [0.29, 0.717) is 12.3 Å². The van der Waals surface area contributed by atoms with Crippen LogP contribution in [0.2, 0.25) is 0 Å². The molecule has 1 aromatic heterocycles. The Bertz CT molecular complexity index is 571. The molecule has 1 aromatic carbocycles. The highest BCUT2D eigenvalue weighted by Gasteiger charge is 2.16. The molecular weight excluding hydrogens is 264 g/mol. The smallest absolute Gasteiger partial charge is 0.224 e. The van der Waals surface area contributed by atoms with Crippen LogP contribution in [0.1, 0.15) is 19.3 Å². The number of carbonyl (C=O) groups excluding carboxylic acids is 1. The van der Waals surface area contributed by atoms with E-state index in [0.717, 1.165) is 42.9 Å². The number of nitrogens with zero attached hydrogens (tertiary/aromatic N) is 1. The van der Waals surface area contributed by atoms with E-state index in [-0.39, 0.29) is 5.91 Å². The molecule has 0 spiro atoms. The summed E-state index contributed by atoms with van der Waals surface area (Å²) in [6.45, 7) is 2.05. The van der Waals surface area contributed by atoms with Crippen molar-refractivity contribution in [3.63, 3.8) is 0 Å². The monoisotopic (exact) mass is 284 g/mol. The summed E-state index contributed by atoms with van der Waals surface area (Å²) in [5, 5.41) is 13.2. The Balaban J connectivity index is 1.56. The fraction of sp³-hybridized carbons (Fsp3) is 0.375. The van der Waals surface area contributed by atoms with Crippen LogP contribution in [-0.2, 0) is 4.79 Å². The van der Waals surface area contributed by atoms with Crippen LogP contribution in [0.15, 0.2) is 36.5 Å². The Labute approximate surface area is 124 Å². The van der Waals surface area contributed by atoms with Gasteiger partial charge < -0.3 is 10.6 Å². The molecule has 1 fully saturated rings. The maximum atomic E-state index is 12.0. The van der Waals surface area contributed by atoms with E-state index in [1.54, 1.807) is 6.20 Å². The van der Waals surface area contributed by atoms with Crippen LogP contribution >= 0.6 is 0 Å². The molecule has 110 valence electrons. The lowest BCUT2D eigenvalue weighted by atomic mass is 9.94. The van der Waals surface area contributed by atoms with Crippen LogP contribution in [0, 0.1) is 5.92 Å². The molecule has 0 saturated carbocycles. The normalized spacial score (nSPS) is 15.8. The lowest BCUT2D eigenvalue weighted by Gasteiger charge is -2.21. The minimum Gasteiger partial charge on any atom is -0.326 e. The fourth-order valence-corrected chi connectivity index (χ4v) is 2.71. The maximum absolute atomic E-state index is 12.0. The summed E-state index contributed by atoms with van der Waals surface area (Å²) in [6, 6.07) is 9.74. The Kier molecular flexibility index (Phi) is 4.31. The van der Waals surface area contributed by atoms with Crippen LogP contribution in [0.4, 0.5) is 5.69 Å². The zero-order valence-electron chi connectivity index (χ0n) is 11.9. The Morgan fingerprint density at radius 1 is 1.19 bits per heavy atom. The molecule has 0 bridgehead atoms. The van der Waals surface area contributed by atoms with Crippen molar-refractivity contribution in [3.05, 3.63) is 36.5 Å². The fourth-order valence-electron chi connectivity index (χ4n) is 2.71. The quantitative estimate of drug-likeness (QED) is 0.807. The number of amides is 1. The zero-order valence-corrected chi connectivity index (χ0v) is 11.9. The highest BCUT2D eigenvalue weighted by atomic mass is 16.1. The number of carbonyl (C=O) groups is 1. The average Bonchev–Trinajstić information content (AvgIpc) is 3.03. The molecule has 0 aliphatic carbocycles. The van der Waals surface area contributed by atoms with Gasteiger partial charge in [-0.25, -0.2) is 0 Å². The third-order valence-corrected chi connectivity index (χ3v) is 3.91. The Morgan fingerprint density at radius 2 is 1.95 bits per heavy atom. The molecule has 2 heterocycles. The van der Waals surface area contributed by atoms with Crippen LogP contribution in [0.3, 0.4) is 0 Å². The number of piperidine rings is 1. The second-order valence-electron chi connectivity index (χ2n) is 5.49. The van der Waals surface area contributed by atoms with Gasteiger partial charge in [-0.05, 0) is 55.6 Å². The molecule has 5 nitrogen and oxygen atoms in total.